The molecule has 0 fully saturated rings. The Morgan fingerprint density at radius 2 is 1.08 bits per heavy atom. The molecule has 5 nitrogen and oxygen atoms in total. The lowest BCUT2D eigenvalue weighted by Crippen LogP contribution is -2.31. The summed E-state index contributed by atoms with van der Waals surface area (Å²) in [7, 11) is 0. The smallest absolute Gasteiger partial charge is 0.269 e. The molecule has 0 bridgehead atoms. The third kappa shape index (κ3) is 9.74. The van der Waals surface area contributed by atoms with Gasteiger partial charge in [0.1, 0.15) is 17.3 Å². The first-order valence-corrected chi connectivity index (χ1v) is 26.9. The van der Waals surface area contributed by atoms with E-state index in [4.69, 9.17) is 9.72 Å². The Balaban J connectivity index is 1.12. The molecular weight excluding hydrogens is 913 g/mol. The number of fused-ring (bicyclic) bond motifs is 3. The van der Waals surface area contributed by atoms with Gasteiger partial charge in [0.05, 0.1) is 28.1 Å². The predicted octanol–water partition coefficient (Wildman–Crippen LogP) is 18.0. The molecule has 7 aromatic carbocycles. The molecule has 0 aliphatic carbocycles. The number of benzene rings is 7. The Hall–Kier alpha value is -7.50. The summed E-state index contributed by atoms with van der Waals surface area (Å²) < 4.78 is 13.8. The van der Waals surface area contributed by atoms with Gasteiger partial charge < -0.3 is 4.74 Å². The lowest BCUT2D eigenvalue weighted by atomic mass is 9.75. The molecule has 0 saturated heterocycles. The zero-order valence-electron chi connectivity index (χ0n) is 46.7. The van der Waals surface area contributed by atoms with Crippen LogP contribution >= 0.6 is 0 Å². The Labute approximate surface area is 446 Å². The van der Waals surface area contributed by atoms with Gasteiger partial charge in [0.2, 0.25) is 0 Å². The first-order chi connectivity index (χ1) is 35.6. The van der Waals surface area contributed by atoms with E-state index in [9.17, 15) is 0 Å². The molecule has 3 heterocycles. The van der Waals surface area contributed by atoms with Gasteiger partial charge in [0.25, 0.3) is 6.33 Å². The molecule has 0 N–H and O–H groups in total. The molecule has 0 saturated carbocycles. The van der Waals surface area contributed by atoms with Crippen molar-refractivity contribution in [3.05, 3.63) is 233 Å². The number of rotatable bonds is 12. The quantitative estimate of drug-likeness (QED) is 0.0903. The molecular formula is C70H74N4O. The van der Waals surface area contributed by atoms with Crippen molar-refractivity contribution in [2.75, 3.05) is 0 Å². The zero-order chi connectivity index (χ0) is 53.2. The van der Waals surface area contributed by atoms with Crippen molar-refractivity contribution in [3.63, 3.8) is 0 Å². The predicted molar refractivity (Wildman–Crippen MR) is 313 cm³/mol. The molecule has 75 heavy (non-hydrogen) atoms. The minimum atomic E-state index is -0.240. The Morgan fingerprint density at radius 3 is 1.71 bits per heavy atom. The van der Waals surface area contributed by atoms with Crippen LogP contribution in [0.15, 0.2) is 182 Å². The van der Waals surface area contributed by atoms with Gasteiger partial charge in [0, 0.05) is 40.1 Å². The van der Waals surface area contributed by atoms with E-state index >= 15 is 0 Å². The molecule has 3 aromatic heterocycles. The molecule has 0 unspecified atom stereocenters. The van der Waals surface area contributed by atoms with Crippen molar-refractivity contribution in [1.29, 1.82) is 0 Å². The van der Waals surface area contributed by atoms with E-state index in [0.29, 0.717) is 11.8 Å². The van der Waals surface area contributed by atoms with Crippen molar-refractivity contribution in [2.24, 2.45) is 0 Å². The van der Waals surface area contributed by atoms with E-state index in [0.717, 1.165) is 50.8 Å². The van der Waals surface area contributed by atoms with E-state index in [-0.39, 0.29) is 21.7 Å². The summed E-state index contributed by atoms with van der Waals surface area (Å²) in [6.45, 7) is 32.2. The maximum absolute atomic E-state index is 6.99. The highest BCUT2D eigenvalue weighted by atomic mass is 16.5. The molecule has 0 amide bonds. The standard InChI is InChI=1S/C70H74N4O/c1-46(2)58-29-22-30-59(47(3)4)66(58)64-44-72(55-38-52(68(8,9)10)37-53(39-55)70(13,14)49-25-19-16-20-26-49)45-73(64)54-27-21-28-56(42-54)75-57-32-33-60-61-40-50(67(5,6)7)31-34-62(61)74(63(60)43-57)65-41-51(35-36-71-65)69(11,12)48-23-17-15-18-24-48/h15-44,46-47H,1-14H3. The molecule has 0 radical (unpaired) electrons. The van der Waals surface area contributed by atoms with Gasteiger partial charge in [-0.3, -0.25) is 13.7 Å². The molecule has 380 valence electrons. The second kappa shape index (κ2) is 19.3. The number of pyridine rings is 1. The van der Waals surface area contributed by atoms with Crippen LogP contribution in [-0.4, -0.2) is 14.1 Å². The van der Waals surface area contributed by atoms with Crippen molar-refractivity contribution >= 4 is 21.8 Å². The highest BCUT2D eigenvalue weighted by Gasteiger charge is 2.29. The summed E-state index contributed by atoms with van der Waals surface area (Å²) in [5, 5.41) is 2.34. The monoisotopic (exact) mass is 987 g/mol. The lowest BCUT2D eigenvalue weighted by Gasteiger charge is -2.30. The highest BCUT2D eigenvalue weighted by molar-refractivity contribution is 6.09. The molecule has 0 atom stereocenters. The van der Waals surface area contributed by atoms with Gasteiger partial charge in [-0.05, 0) is 139 Å². The second-order valence-electron chi connectivity index (χ2n) is 24.4. The van der Waals surface area contributed by atoms with Crippen LogP contribution in [0.25, 0.3) is 50.3 Å². The number of hydrogen-bond donors (Lipinski definition) is 0. The molecule has 5 heteroatoms. The fourth-order valence-electron chi connectivity index (χ4n) is 10.8. The van der Waals surface area contributed by atoms with Gasteiger partial charge in [-0.1, -0.05) is 194 Å². The average molecular weight is 987 g/mol. The van der Waals surface area contributed by atoms with Gasteiger partial charge in [0.15, 0.2) is 0 Å². The van der Waals surface area contributed by atoms with E-state index < -0.39 is 0 Å². The van der Waals surface area contributed by atoms with Crippen LogP contribution in [0.5, 0.6) is 11.5 Å². The second-order valence-corrected chi connectivity index (χ2v) is 24.4. The number of ether oxygens (including phenoxy) is 1. The van der Waals surface area contributed by atoms with Gasteiger partial charge in [-0.15, -0.1) is 0 Å². The summed E-state index contributed by atoms with van der Waals surface area (Å²) in [6, 6.07) is 61.8. The Bertz CT molecular complexity index is 3680. The lowest BCUT2D eigenvalue weighted by molar-refractivity contribution is -0.599. The fraction of sp³-hybridized carbons (Fsp3) is 0.286. The molecule has 10 aromatic rings. The number of imidazole rings is 1. The van der Waals surface area contributed by atoms with Gasteiger partial charge >= 0.3 is 0 Å². The van der Waals surface area contributed by atoms with E-state index in [1.807, 2.05) is 6.20 Å². The van der Waals surface area contributed by atoms with Crippen LogP contribution in [0.2, 0.25) is 0 Å². The van der Waals surface area contributed by atoms with Crippen LogP contribution in [0.1, 0.15) is 153 Å². The fourth-order valence-corrected chi connectivity index (χ4v) is 10.8. The van der Waals surface area contributed by atoms with Crippen LogP contribution in [0.3, 0.4) is 0 Å². The number of aromatic nitrogens is 4. The van der Waals surface area contributed by atoms with Crippen molar-refractivity contribution < 1.29 is 9.30 Å². The molecule has 0 aliphatic heterocycles. The summed E-state index contributed by atoms with van der Waals surface area (Å²) in [5.41, 5.74) is 16.1. The van der Waals surface area contributed by atoms with E-state index in [2.05, 4.69) is 293 Å². The molecule has 0 spiro atoms. The van der Waals surface area contributed by atoms with Crippen molar-refractivity contribution in [3.8, 4) is 39.9 Å². The summed E-state index contributed by atoms with van der Waals surface area (Å²) in [6.07, 6.45) is 8.15. The molecule has 0 aliphatic rings. The summed E-state index contributed by atoms with van der Waals surface area (Å²) >= 11 is 0. The zero-order valence-corrected chi connectivity index (χ0v) is 46.7. The van der Waals surface area contributed by atoms with E-state index in [1.54, 1.807) is 0 Å². The number of nitrogens with zero attached hydrogens (tertiary/aromatic N) is 4. The van der Waals surface area contributed by atoms with E-state index in [1.165, 1.54) is 55.5 Å². The van der Waals surface area contributed by atoms with Gasteiger partial charge in [-0.2, -0.15) is 0 Å². The third-order valence-electron chi connectivity index (χ3n) is 15.7. The minimum absolute atomic E-state index is 0.0171. The highest BCUT2D eigenvalue weighted by Crippen LogP contribution is 2.42. The largest absolute Gasteiger partial charge is 0.458 e. The topological polar surface area (TPSA) is 35.9 Å². The first-order valence-electron chi connectivity index (χ1n) is 26.9. The average Bonchev–Trinajstić information content (AvgIpc) is 4.00. The molecule has 10 rings (SSSR count). The van der Waals surface area contributed by atoms with Crippen LogP contribution < -0.4 is 9.30 Å². The van der Waals surface area contributed by atoms with Crippen LogP contribution in [-0.2, 0) is 21.7 Å². The minimum Gasteiger partial charge on any atom is -0.458 e. The summed E-state index contributed by atoms with van der Waals surface area (Å²) in [5.74, 6) is 2.94. The Kier molecular flexibility index (Phi) is 13.1. The maximum Gasteiger partial charge on any atom is 0.269 e. The summed E-state index contributed by atoms with van der Waals surface area (Å²) in [4.78, 5) is 5.07. The first kappa shape index (κ1) is 51.0. The Morgan fingerprint density at radius 1 is 0.480 bits per heavy atom. The van der Waals surface area contributed by atoms with Crippen molar-refractivity contribution in [1.82, 2.24) is 14.1 Å². The maximum atomic E-state index is 6.99. The van der Waals surface area contributed by atoms with Gasteiger partial charge in [-0.25, -0.2) is 4.98 Å². The SMILES string of the molecule is CC(C)c1cccc(C(C)C)c1-c1c[n+](-c2cc(C(C)(C)C)cc(C(C)(C)c3ccccc3)c2)[c-]n1-c1cccc(Oc2ccc3c4cc(C(C)(C)C)ccc4n(-c4cc(C(C)(C)c5ccccc5)ccn4)c3c2)c1. The third-order valence-corrected chi connectivity index (χ3v) is 15.7. The van der Waals surface area contributed by atoms with Crippen molar-refractivity contribution in [2.45, 2.75) is 130 Å². The number of hydrogen-bond acceptors (Lipinski definition) is 2. The normalized spacial score (nSPS) is 12.6. The van der Waals surface area contributed by atoms with Crippen LogP contribution in [0, 0.1) is 6.33 Å². The van der Waals surface area contributed by atoms with Crippen LogP contribution in [0.4, 0.5) is 0 Å².